The van der Waals surface area contributed by atoms with Gasteiger partial charge in [-0.1, -0.05) is 19.3 Å². The van der Waals surface area contributed by atoms with Gasteiger partial charge in [-0.3, -0.25) is 4.79 Å². The lowest BCUT2D eigenvalue weighted by molar-refractivity contribution is 0.0942. The second-order valence-corrected chi connectivity index (χ2v) is 12.4. The fraction of sp³-hybridized carbons (Fsp3) is 0.708. The van der Waals surface area contributed by atoms with Gasteiger partial charge in [0.25, 0.3) is 5.91 Å². The molecule has 1 aromatic carbocycles. The van der Waals surface area contributed by atoms with Crippen LogP contribution in [0.15, 0.2) is 6.07 Å². The molecule has 0 radical (unpaired) electrons. The standard InChI is InChI=1S/C24H41NO3S/c1-17(2)25-23(26)22-16-18(3)21(19(4)20(22)5)14-12-10-9-11-13-15-29(27,28)24(6,7)8/h16-17H,9-15H2,1-8H3,(H,25,26). The molecular formula is C24H41NO3S. The van der Waals surface area contributed by atoms with Crippen molar-refractivity contribution in [3.05, 3.63) is 33.9 Å². The number of carbonyl (C=O) groups is 1. The van der Waals surface area contributed by atoms with Crippen molar-refractivity contribution in [1.29, 1.82) is 0 Å². The number of hydrogen-bond donors (Lipinski definition) is 1. The van der Waals surface area contributed by atoms with Crippen LogP contribution in [0.2, 0.25) is 0 Å². The predicted octanol–water partition coefficient (Wildman–Crippen LogP) is 5.46. The highest BCUT2D eigenvalue weighted by molar-refractivity contribution is 7.92. The lowest BCUT2D eigenvalue weighted by Gasteiger charge is -2.19. The molecule has 0 unspecified atom stereocenters. The van der Waals surface area contributed by atoms with Gasteiger partial charge in [0.15, 0.2) is 9.84 Å². The highest BCUT2D eigenvalue weighted by atomic mass is 32.2. The van der Waals surface area contributed by atoms with Gasteiger partial charge in [0.05, 0.1) is 10.5 Å². The minimum absolute atomic E-state index is 0.000425. The third kappa shape index (κ3) is 7.44. The van der Waals surface area contributed by atoms with E-state index < -0.39 is 14.6 Å². The molecule has 0 spiro atoms. The molecule has 4 nitrogen and oxygen atoms in total. The summed E-state index contributed by atoms with van der Waals surface area (Å²) in [6, 6.07) is 2.15. The zero-order chi connectivity index (χ0) is 22.4. The maximum Gasteiger partial charge on any atom is 0.251 e. The summed E-state index contributed by atoms with van der Waals surface area (Å²) in [5.74, 6) is 0.286. The number of hydrogen-bond acceptors (Lipinski definition) is 3. The number of carbonyl (C=O) groups excluding carboxylic acids is 1. The first-order chi connectivity index (χ1) is 13.3. The van der Waals surface area contributed by atoms with Gasteiger partial charge in [-0.05, 0) is 103 Å². The molecule has 1 N–H and O–H groups in total. The molecule has 0 aromatic heterocycles. The fourth-order valence-electron chi connectivity index (χ4n) is 3.53. The van der Waals surface area contributed by atoms with Crippen LogP contribution in [0, 0.1) is 20.8 Å². The van der Waals surface area contributed by atoms with Crippen LogP contribution in [0.25, 0.3) is 0 Å². The summed E-state index contributed by atoms with van der Waals surface area (Å²) in [5.41, 5.74) is 5.58. The highest BCUT2D eigenvalue weighted by Gasteiger charge is 2.27. The Morgan fingerprint density at radius 3 is 2.07 bits per heavy atom. The van der Waals surface area contributed by atoms with Crippen molar-refractivity contribution in [3.8, 4) is 0 Å². The number of unbranched alkanes of at least 4 members (excludes halogenated alkanes) is 4. The van der Waals surface area contributed by atoms with E-state index in [9.17, 15) is 13.2 Å². The van der Waals surface area contributed by atoms with E-state index in [1.165, 1.54) is 16.7 Å². The number of aryl methyl sites for hydroxylation is 1. The largest absolute Gasteiger partial charge is 0.350 e. The molecule has 0 fully saturated rings. The molecule has 0 saturated carbocycles. The molecule has 0 aliphatic rings. The predicted molar refractivity (Wildman–Crippen MR) is 124 cm³/mol. The van der Waals surface area contributed by atoms with Gasteiger partial charge in [0.2, 0.25) is 0 Å². The second kappa shape index (κ2) is 10.6. The zero-order valence-corrected chi connectivity index (χ0v) is 20.6. The van der Waals surface area contributed by atoms with Crippen molar-refractivity contribution in [2.24, 2.45) is 0 Å². The lowest BCUT2D eigenvalue weighted by Crippen LogP contribution is -2.31. The first kappa shape index (κ1) is 25.7. The van der Waals surface area contributed by atoms with E-state index in [1.54, 1.807) is 20.8 Å². The van der Waals surface area contributed by atoms with Gasteiger partial charge in [-0.25, -0.2) is 8.42 Å². The van der Waals surface area contributed by atoms with E-state index in [-0.39, 0.29) is 17.7 Å². The molecule has 5 heteroatoms. The summed E-state index contributed by atoms with van der Waals surface area (Å²) in [7, 11) is -3.00. The average molecular weight is 424 g/mol. The Morgan fingerprint density at radius 2 is 1.52 bits per heavy atom. The third-order valence-corrected chi connectivity index (χ3v) is 8.39. The Morgan fingerprint density at radius 1 is 0.966 bits per heavy atom. The molecule has 0 heterocycles. The lowest BCUT2D eigenvalue weighted by atomic mass is 9.90. The summed E-state index contributed by atoms with van der Waals surface area (Å²) in [6.07, 6.45) is 5.96. The third-order valence-electron chi connectivity index (χ3n) is 5.69. The van der Waals surface area contributed by atoms with Crippen LogP contribution in [0.5, 0.6) is 0 Å². The molecule has 1 rings (SSSR count). The van der Waals surface area contributed by atoms with Gasteiger partial charge >= 0.3 is 0 Å². The molecular weight excluding hydrogens is 382 g/mol. The number of rotatable bonds is 10. The van der Waals surface area contributed by atoms with Crippen molar-refractivity contribution in [2.75, 3.05) is 5.75 Å². The number of nitrogens with one attached hydrogen (secondary N) is 1. The van der Waals surface area contributed by atoms with Crippen LogP contribution in [0.3, 0.4) is 0 Å². The quantitative estimate of drug-likeness (QED) is 0.509. The van der Waals surface area contributed by atoms with Gasteiger partial charge in [-0.15, -0.1) is 0 Å². The second-order valence-electron chi connectivity index (χ2n) is 9.55. The molecule has 0 aliphatic heterocycles. The number of sulfone groups is 1. The monoisotopic (exact) mass is 423 g/mol. The maximum atomic E-state index is 12.4. The minimum atomic E-state index is -3.00. The molecule has 0 aliphatic carbocycles. The normalized spacial score (nSPS) is 12.4. The summed E-state index contributed by atoms with van der Waals surface area (Å²) in [6.45, 7) is 15.5. The van der Waals surface area contributed by atoms with Crippen LogP contribution < -0.4 is 5.32 Å². The van der Waals surface area contributed by atoms with E-state index in [0.29, 0.717) is 0 Å². The van der Waals surface area contributed by atoms with Crippen molar-refractivity contribution in [2.45, 2.75) is 105 Å². The SMILES string of the molecule is Cc1cc(C(=O)NC(C)C)c(C)c(C)c1CCCCCCCS(=O)(=O)C(C)(C)C. The zero-order valence-electron chi connectivity index (χ0n) is 19.7. The summed E-state index contributed by atoms with van der Waals surface area (Å²) < 4.78 is 23.6. The fourth-order valence-corrected chi connectivity index (χ4v) is 4.72. The van der Waals surface area contributed by atoms with Gasteiger partial charge in [0.1, 0.15) is 0 Å². The molecule has 1 aromatic rings. The molecule has 0 saturated heterocycles. The van der Waals surface area contributed by atoms with E-state index in [0.717, 1.165) is 49.7 Å². The maximum absolute atomic E-state index is 12.4. The molecule has 1 amide bonds. The van der Waals surface area contributed by atoms with Crippen LogP contribution >= 0.6 is 0 Å². The van der Waals surface area contributed by atoms with Gasteiger partial charge in [-0.2, -0.15) is 0 Å². The summed E-state index contributed by atoms with van der Waals surface area (Å²) in [5, 5.41) is 2.98. The molecule has 166 valence electrons. The van der Waals surface area contributed by atoms with Crippen LogP contribution in [0.4, 0.5) is 0 Å². The molecule has 29 heavy (non-hydrogen) atoms. The van der Waals surface area contributed by atoms with E-state index >= 15 is 0 Å². The van der Waals surface area contributed by atoms with Crippen molar-refractivity contribution >= 4 is 15.7 Å². The van der Waals surface area contributed by atoms with Crippen LogP contribution in [-0.4, -0.2) is 30.9 Å². The first-order valence-corrected chi connectivity index (χ1v) is 12.6. The Kier molecular flexibility index (Phi) is 9.39. The van der Waals surface area contributed by atoms with E-state index in [4.69, 9.17) is 0 Å². The van der Waals surface area contributed by atoms with Crippen molar-refractivity contribution in [3.63, 3.8) is 0 Å². The Balaban J connectivity index is 2.55. The topological polar surface area (TPSA) is 63.2 Å². The van der Waals surface area contributed by atoms with E-state index in [1.807, 2.05) is 26.8 Å². The smallest absolute Gasteiger partial charge is 0.251 e. The summed E-state index contributed by atoms with van der Waals surface area (Å²) in [4.78, 5) is 12.4. The Bertz CT molecular complexity index is 802. The van der Waals surface area contributed by atoms with Gasteiger partial charge < -0.3 is 5.32 Å². The minimum Gasteiger partial charge on any atom is -0.350 e. The van der Waals surface area contributed by atoms with Gasteiger partial charge in [0, 0.05) is 11.6 Å². The average Bonchev–Trinajstić information content (AvgIpc) is 2.58. The van der Waals surface area contributed by atoms with Crippen molar-refractivity contribution < 1.29 is 13.2 Å². The molecule has 0 atom stereocenters. The van der Waals surface area contributed by atoms with E-state index in [2.05, 4.69) is 19.2 Å². The number of benzene rings is 1. The Hall–Kier alpha value is -1.36. The Labute approximate surface area is 178 Å². The highest BCUT2D eigenvalue weighted by Crippen LogP contribution is 2.24. The molecule has 0 bridgehead atoms. The van der Waals surface area contributed by atoms with Crippen molar-refractivity contribution in [1.82, 2.24) is 5.32 Å². The first-order valence-electron chi connectivity index (χ1n) is 10.9. The van der Waals surface area contributed by atoms with Crippen LogP contribution in [0.1, 0.15) is 99.3 Å². The van der Waals surface area contributed by atoms with Crippen LogP contribution in [-0.2, 0) is 16.3 Å². The number of amides is 1. The summed E-state index contributed by atoms with van der Waals surface area (Å²) >= 11 is 0.